The average Bonchev–Trinajstić information content (AvgIpc) is 3.08. The highest BCUT2D eigenvalue weighted by Crippen LogP contribution is 2.12. The van der Waals surface area contributed by atoms with E-state index in [1.165, 1.54) is 5.56 Å². The topological polar surface area (TPSA) is 54.9 Å². The number of benzene rings is 1. The number of halogens is 2. The molecular formula is C17H27ClIN3O2. The number of ether oxygens (including phenoxy) is 2. The van der Waals surface area contributed by atoms with Crippen LogP contribution in [0.5, 0.6) is 0 Å². The zero-order valence-corrected chi connectivity index (χ0v) is 17.2. The van der Waals surface area contributed by atoms with E-state index in [1.807, 2.05) is 24.3 Å². The second kappa shape index (κ2) is 12.7. The zero-order valence-electron chi connectivity index (χ0n) is 14.1. The van der Waals surface area contributed by atoms with Crippen molar-refractivity contribution in [3.8, 4) is 0 Å². The van der Waals surface area contributed by atoms with Crippen LogP contribution in [0.2, 0.25) is 5.02 Å². The van der Waals surface area contributed by atoms with Crippen molar-refractivity contribution >= 4 is 41.5 Å². The van der Waals surface area contributed by atoms with Crippen LogP contribution in [0.1, 0.15) is 18.4 Å². The maximum Gasteiger partial charge on any atom is 0.191 e. The Labute approximate surface area is 166 Å². The Morgan fingerprint density at radius 1 is 1.33 bits per heavy atom. The predicted octanol–water partition coefficient (Wildman–Crippen LogP) is 3.07. The maximum atomic E-state index is 5.88. The van der Waals surface area contributed by atoms with E-state index in [-0.39, 0.29) is 24.0 Å². The van der Waals surface area contributed by atoms with Gasteiger partial charge in [0.1, 0.15) is 0 Å². The van der Waals surface area contributed by atoms with Gasteiger partial charge in [-0.05, 0) is 30.5 Å². The van der Waals surface area contributed by atoms with Gasteiger partial charge in [0.15, 0.2) is 5.96 Å². The number of nitrogens with zero attached hydrogens (tertiary/aromatic N) is 1. The van der Waals surface area contributed by atoms with Crippen LogP contribution < -0.4 is 10.6 Å². The van der Waals surface area contributed by atoms with Gasteiger partial charge in [0, 0.05) is 44.3 Å². The van der Waals surface area contributed by atoms with E-state index in [2.05, 4.69) is 15.6 Å². The average molecular weight is 468 g/mol. The first-order valence-electron chi connectivity index (χ1n) is 8.12. The smallest absolute Gasteiger partial charge is 0.191 e. The Kier molecular flexibility index (Phi) is 11.4. The minimum absolute atomic E-state index is 0. The van der Waals surface area contributed by atoms with Crippen molar-refractivity contribution in [2.45, 2.75) is 19.4 Å². The van der Waals surface area contributed by atoms with Gasteiger partial charge < -0.3 is 20.1 Å². The number of hydrogen-bond donors (Lipinski definition) is 2. The van der Waals surface area contributed by atoms with Gasteiger partial charge in [-0.3, -0.25) is 4.99 Å². The molecule has 24 heavy (non-hydrogen) atoms. The lowest BCUT2D eigenvalue weighted by Gasteiger charge is -2.12. The molecule has 1 saturated heterocycles. The molecule has 7 heteroatoms. The molecule has 1 aliphatic rings. The molecule has 1 atom stereocenters. The fraction of sp³-hybridized carbons (Fsp3) is 0.588. The van der Waals surface area contributed by atoms with Crippen LogP contribution in [0, 0.1) is 5.92 Å². The fourth-order valence-corrected chi connectivity index (χ4v) is 2.48. The van der Waals surface area contributed by atoms with E-state index in [0.717, 1.165) is 63.3 Å². The molecular weight excluding hydrogens is 441 g/mol. The van der Waals surface area contributed by atoms with Crippen molar-refractivity contribution in [2.24, 2.45) is 10.9 Å². The van der Waals surface area contributed by atoms with Gasteiger partial charge in [-0.15, -0.1) is 24.0 Å². The normalized spacial score (nSPS) is 17.4. The lowest BCUT2D eigenvalue weighted by atomic mass is 10.1. The second-order valence-electron chi connectivity index (χ2n) is 5.64. The number of nitrogens with one attached hydrogen (secondary N) is 2. The number of aliphatic imine (C=N–C) groups is 1. The molecule has 1 aromatic carbocycles. The number of rotatable bonds is 8. The molecule has 2 N–H and O–H groups in total. The summed E-state index contributed by atoms with van der Waals surface area (Å²) in [6.45, 7) is 4.85. The van der Waals surface area contributed by atoms with E-state index >= 15 is 0 Å². The summed E-state index contributed by atoms with van der Waals surface area (Å²) >= 11 is 5.88. The molecule has 1 aromatic rings. The first-order valence-corrected chi connectivity index (χ1v) is 8.50. The van der Waals surface area contributed by atoms with Crippen LogP contribution in [-0.4, -0.2) is 46.0 Å². The van der Waals surface area contributed by atoms with Crippen LogP contribution in [-0.2, 0) is 16.0 Å². The lowest BCUT2D eigenvalue weighted by molar-refractivity contribution is 0.0888. The molecule has 0 amide bonds. The van der Waals surface area contributed by atoms with Crippen molar-refractivity contribution in [1.29, 1.82) is 0 Å². The van der Waals surface area contributed by atoms with Crippen molar-refractivity contribution in [1.82, 2.24) is 10.6 Å². The summed E-state index contributed by atoms with van der Waals surface area (Å²) in [6, 6.07) is 7.79. The van der Waals surface area contributed by atoms with E-state index in [9.17, 15) is 0 Å². The van der Waals surface area contributed by atoms with Crippen LogP contribution in [0.25, 0.3) is 0 Å². The summed E-state index contributed by atoms with van der Waals surface area (Å²) in [7, 11) is 1.77. The standard InChI is InChI=1S/C17H26ClN3O2.HI/c1-19-17(21-11-14-3-5-16(18)6-4-14)20-8-2-9-22-12-15-7-10-23-13-15;/h3-6,15H,2,7-13H2,1H3,(H2,19,20,21);1H. The molecule has 1 fully saturated rings. The second-order valence-corrected chi connectivity index (χ2v) is 6.07. The monoisotopic (exact) mass is 467 g/mol. The van der Waals surface area contributed by atoms with Crippen molar-refractivity contribution in [2.75, 3.05) is 40.0 Å². The molecule has 1 heterocycles. The van der Waals surface area contributed by atoms with E-state index < -0.39 is 0 Å². The molecule has 1 aliphatic heterocycles. The Morgan fingerprint density at radius 3 is 2.79 bits per heavy atom. The summed E-state index contributed by atoms with van der Waals surface area (Å²) < 4.78 is 11.0. The van der Waals surface area contributed by atoms with Crippen LogP contribution in [0.3, 0.4) is 0 Å². The van der Waals surface area contributed by atoms with Crippen LogP contribution in [0.15, 0.2) is 29.3 Å². The SMILES string of the molecule is CN=C(NCCCOCC1CCOC1)NCc1ccc(Cl)cc1.I. The molecule has 5 nitrogen and oxygen atoms in total. The maximum absolute atomic E-state index is 5.88. The highest BCUT2D eigenvalue weighted by atomic mass is 127. The van der Waals surface area contributed by atoms with Gasteiger partial charge in [0.05, 0.1) is 13.2 Å². The molecule has 2 rings (SSSR count). The fourth-order valence-electron chi connectivity index (χ4n) is 2.35. The molecule has 1 unspecified atom stereocenters. The Morgan fingerprint density at radius 2 is 2.12 bits per heavy atom. The van der Waals surface area contributed by atoms with Crippen LogP contribution >= 0.6 is 35.6 Å². The predicted molar refractivity (Wildman–Crippen MR) is 109 cm³/mol. The quantitative estimate of drug-likeness (QED) is 0.267. The van der Waals surface area contributed by atoms with Crippen molar-refractivity contribution < 1.29 is 9.47 Å². The van der Waals surface area contributed by atoms with Gasteiger partial charge in [-0.25, -0.2) is 0 Å². The molecule has 0 bridgehead atoms. The van der Waals surface area contributed by atoms with E-state index in [1.54, 1.807) is 7.05 Å². The van der Waals surface area contributed by atoms with E-state index in [0.29, 0.717) is 5.92 Å². The molecule has 0 aromatic heterocycles. The summed E-state index contributed by atoms with van der Waals surface area (Å²) in [6.07, 6.45) is 2.08. The summed E-state index contributed by atoms with van der Waals surface area (Å²) in [5.41, 5.74) is 1.17. The first-order chi connectivity index (χ1) is 11.3. The highest BCUT2D eigenvalue weighted by molar-refractivity contribution is 14.0. The Hall–Kier alpha value is -0.570. The molecule has 0 radical (unpaired) electrons. The van der Waals surface area contributed by atoms with Gasteiger partial charge in [0.2, 0.25) is 0 Å². The minimum atomic E-state index is 0. The largest absolute Gasteiger partial charge is 0.381 e. The minimum Gasteiger partial charge on any atom is -0.381 e. The molecule has 0 saturated carbocycles. The molecule has 0 aliphatic carbocycles. The number of hydrogen-bond acceptors (Lipinski definition) is 3. The Bertz CT molecular complexity index is 479. The summed E-state index contributed by atoms with van der Waals surface area (Å²) in [4.78, 5) is 4.21. The number of guanidine groups is 1. The van der Waals surface area contributed by atoms with Gasteiger partial charge >= 0.3 is 0 Å². The van der Waals surface area contributed by atoms with E-state index in [4.69, 9.17) is 21.1 Å². The van der Waals surface area contributed by atoms with Crippen molar-refractivity contribution in [3.63, 3.8) is 0 Å². The Balaban J connectivity index is 0.00000288. The lowest BCUT2D eigenvalue weighted by Crippen LogP contribution is -2.37. The van der Waals surface area contributed by atoms with Gasteiger partial charge in [-0.1, -0.05) is 23.7 Å². The third-order valence-corrected chi connectivity index (χ3v) is 3.98. The zero-order chi connectivity index (χ0) is 16.3. The summed E-state index contributed by atoms with van der Waals surface area (Å²) in [5, 5.41) is 7.32. The first kappa shape index (κ1) is 21.5. The van der Waals surface area contributed by atoms with Gasteiger partial charge in [-0.2, -0.15) is 0 Å². The third-order valence-electron chi connectivity index (χ3n) is 3.73. The third kappa shape index (κ3) is 8.50. The molecule has 136 valence electrons. The highest BCUT2D eigenvalue weighted by Gasteiger charge is 2.15. The van der Waals surface area contributed by atoms with Gasteiger partial charge in [0.25, 0.3) is 0 Å². The van der Waals surface area contributed by atoms with Crippen molar-refractivity contribution in [3.05, 3.63) is 34.9 Å². The molecule has 0 spiro atoms. The van der Waals surface area contributed by atoms with Crippen LogP contribution in [0.4, 0.5) is 0 Å². The summed E-state index contributed by atoms with van der Waals surface area (Å²) in [5.74, 6) is 1.38.